The normalized spacial score (nSPS) is 12.3. The van der Waals surface area contributed by atoms with Crippen LogP contribution in [0.5, 0.6) is 0 Å². The van der Waals surface area contributed by atoms with Crippen LogP contribution in [0.4, 0.5) is 0 Å². The fourth-order valence-electron chi connectivity index (χ4n) is 2.85. The Hall–Kier alpha value is -2.80. The molecule has 0 saturated carbocycles. The molecule has 1 unspecified atom stereocenters. The lowest BCUT2D eigenvalue weighted by molar-refractivity contribution is 0.0923. The summed E-state index contributed by atoms with van der Waals surface area (Å²) in [5.74, 6) is -0.272. The number of benzene rings is 1. The lowest BCUT2D eigenvalue weighted by Gasteiger charge is -2.14. The summed E-state index contributed by atoms with van der Waals surface area (Å²) in [7, 11) is 0. The zero-order chi connectivity index (χ0) is 17.8. The van der Waals surface area contributed by atoms with Gasteiger partial charge in [0.25, 0.3) is 5.91 Å². The van der Waals surface area contributed by atoms with E-state index in [0.29, 0.717) is 17.8 Å². The molecule has 0 aliphatic carbocycles. The third kappa shape index (κ3) is 3.36. The van der Waals surface area contributed by atoms with Crippen LogP contribution in [0.25, 0.3) is 16.5 Å². The van der Waals surface area contributed by atoms with Crippen molar-refractivity contribution in [1.82, 2.24) is 25.3 Å². The molecular weight excluding hydrogens is 318 g/mol. The molecule has 7 nitrogen and oxygen atoms in total. The quantitative estimate of drug-likeness (QED) is 0.717. The van der Waals surface area contributed by atoms with Crippen LogP contribution in [0.1, 0.15) is 35.9 Å². The van der Waals surface area contributed by atoms with Crippen molar-refractivity contribution in [1.29, 1.82) is 0 Å². The smallest absolute Gasteiger partial charge is 0.273 e. The summed E-state index contributed by atoms with van der Waals surface area (Å²) in [6, 6.07) is 7.68. The maximum absolute atomic E-state index is 12.5. The molecule has 1 aromatic carbocycles. The fraction of sp³-hybridized carbons (Fsp3) is 0.333. The summed E-state index contributed by atoms with van der Waals surface area (Å²) in [4.78, 5) is 16.6. The molecule has 2 heterocycles. The number of carbonyl (C=O) groups excluding carboxylic acids is 1. The van der Waals surface area contributed by atoms with Crippen LogP contribution in [-0.4, -0.2) is 43.6 Å². The summed E-state index contributed by atoms with van der Waals surface area (Å²) in [5, 5.41) is 22.2. The maximum Gasteiger partial charge on any atom is 0.273 e. The fourth-order valence-corrected chi connectivity index (χ4v) is 2.85. The van der Waals surface area contributed by atoms with Gasteiger partial charge in [-0.2, -0.15) is 0 Å². The number of rotatable bonds is 6. The van der Waals surface area contributed by atoms with Gasteiger partial charge in [-0.05, 0) is 31.9 Å². The summed E-state index contributed by atoms with van der Waals surface area (Å²) in [6.45, 7) is 3.82. The molecule has 3 aromatic rings. The van der Waals surface area contributed by atoms with Gasteiger partial charge in [-0.15, -0.1) is 5.10 Å². The number of nitrogens with one attached hydrogen (secondary N) is 1. The molecule has 0 saturated heterocycles. The van der Waals surface area contributed by atoms with E-state index in [4.69, 9.17) is 5.11 Å². The van der Waals surface area contributed by atoms with E-state index in [1.165, 1.54) is 0 Å². The molecule has 0 radical (unpaired) electrons. The number of fused-ring (bicyclic) bond motifs is 1. The van der Waals surface area contributed by atoms with Gasteiger partial charge in [0.05, 0.1) is 11.4 Å². The molecule has 0 bridgehead atoms. The highest BCUT2D eigenvalue weighted by atomic mass is 16.3. The van der Waals surface area contributed by atoms with Gasteiger partial charge < -0.3 is 10.4 Å². The molecule has 0 fully saturated rings. The second-order valence-corrected chi connectivity index (χ2v) is 5.90. The molecule has 7 heteroatoms. The summed E-state index contributed by atoms with van der Waals surface area (Å²) >= 11 is 0. The predicted molar refractivity (Wildman–Crippen MR) is 94.6 cm³/mol. The molecule has 0 aliphatic heterocycles. The van der Waals surface area contributed by atoms with Gasteiger partial charge in [-0.3, -0.25) is 9.78 Å². The van der Waals surface area contributed by atoms with Crippen molar-refractivity contribution >= 4 is 16.7 Å². The Morgan fingerprint density at radius 1 is 1.36 bits per heavy atom. The highest BCUT2D eigenvalue weighted by molar-refractivity contribution is 5.94. The van der Waals surface area contributed by atoms with E-state index in [1.54, 1.807) is 17.1 Å². The predicted octanol–water partition coefficient (Wildman–Crippen LogP) is 2.01. The van der Waals surface area contributed by atoms with Gasteiger partial charge in [-0.25, -0.2) is 4.68 Å². The van der Waals surface area contributed by atoms with Crippen LogP contribution < -0.4 is 5.32 Å². The average molecular weight is 339 g/mol. The minimum atomic E-state index is -0.272. The van der Waals surface area contributed by atoms with E-state index < -0.39 is 0 Å². The number of aliphatic hydroxyl groups is 1. The maximum atomic E-state index is 12.5. The highest BCUT2D eigenvalue weighted by Crippen LogP contribution is 2.22. The Kier molecular flexibility index (Phi) is 5.04. The van der Waals surface area contributed by atoms with Crippen molar-refractivity contribution in [3.8, 4) is 5.69 Å². The van der Waals surface area contributed by atoms with Crippen LogP contribution in [0.2, 0.25) is 0 Å². The van der Waals surface area contributed by atoms with Crippen molar-refractivity contribution in [3.05, 3.63) is 48.0 Å². The Morgan fingerprint density at radius 3 is 2.96 bits per heavy atom. The van der Waals surface area contributed by atoms with Gasteiger partial charge in [0.15, 0.2) is 5.69 Å². The molecule has 3 rings (SSSR count). The van der Waals surface area contributed by atoms with Crippen LogP contribution in [0.15, 0.2) is 36.7 Å². The Labute approximate surface area is 145 Å². The molecule has 1 atom stereocenters. The number of aromatic nitrogens is 4. The molecule has 2 N–H and O–H groups in total. The summed E-state index contributed by atoms with van der Waals surface area (Å²) < 4.78 is 1.67. The monoisotopic (exact) mass is 339 g/mol. The van der Waals surface area contributed by atoms with Crippen LogP contribution in [0, 0.1) is 6.92 Å². The first kappa shape index (κ1) is 17.0. The van der Waals surface area contributed by atoms with E-state index in [1.807, 2.05) is 38.1 Å². The summed E-state index contributed by atoms with van der Waals surface area (Å²) in [5.41, 5.74) is 1.81. The molecule has 0 spiro atoms. The third-order valence-corrected chi connectivity index (χ3v) is 4.30. The Balaban J connectivity index is 1.94. The zero-order valence-corrected chi connectivity index (χ0v) is 14.3. The lowest BCUT2D eigenvalue weighted by atomic mass is 10.1. The number of hydrogen-bond donors (Lipinski definition) is 2. The molecule has 1 amide bonds. The van der Waals surface area contributed by atoms with E-state index in [2.05, 4.69) is 20.6 Å². The van der Waals surface area contributed by atoms with Crippen molar-refractivity contribution in [2.45, 2.75) is 32.7 Å². The molecule has 2 aromatic heterocycles. The second kappa shape index (κ2) is 7.40. The standard InChI is InChI=1S/C18H21N5O2/c1-3-14(8-10-24)20-18(25)17-12(2)23(22-21-17)16-6-4-5-13-11-19-9-7-15(13)16/h4-7,9,11,14,24H,3,8,10H2,1-2H3,(H,20,25). The van der Waals surface area contributed by atoms with Crippen LogP contribution >= 0.6 is 0 Å². The third-order valence-electron chi connectivity index (χ3n) is 4.30. The molecule has 0 aliphatic rings. The van der Waals surface area contributed by atoms with Crippen LogP contribution in [0.3, 0.4) is 0 Å². The minimum absolute atomic E-state index is 0.0362. The molecule has 130 valence electrons. The van der Waals surface area contributed by atoms with E-state index in [9.17, 15) is 4.79 Å². The van der Waals surface area contributed by atoms with E-state index in [-0.39, 0.29) is 18.6 Å². The number of hydrogen-bond acceptors (Lipinski definition) is 5. The average Bonchev–Trinajstić information content (AvgIpc) is 3.02. The number of aliphatic hydroxyl groups excluding tert-OH is 1. The van der Waals surface area contributed by atoms with Gasteiger partial charge in [0, 0.05) is 35.8 Å². The van der Waals surface area contributed by atoms with Crippen molar-refractivity contribution in [3.63, 3.8) is 0 Å². The largest absolute Gasteiger partial charge is 0.396 e. The van der Waals surface area contributed by atoms with Gasteiger partial charge in [0.1, 0.15) is 0 Å². The zero-order valence-electron chi connectivity index (χ0n) is 14.3. The minimum Gasteiger partial charge on any atom is -0.396 e. The molecular formula is C18H21N5O2. The topological polar surface area (TPSA) is 92.9 Å². The SMILES string of the molecule is CCC(CCO)NC(=O)c1nnn(-c2cccc3cnccc23)c1C. The van der Waals surface area contributed by atoms with E-state index >= 15 is 0 Å². The number of amides is 1. The number of nitrogens with zero attached hydrogens (tertiary/aromatic N) is 4. The van der Waals surface area contributed by atoms with Gasteiger partial charge >= 0.3 is 0 Å². The van der Waals surface area contributed by atoms with Gasteiger partial charge in [-0.1, -0.05) is 24.3 Å². The first-order valence-electron chi connectivity index (χ1n) is 8.32. The molecule has 25 heavy (non-hydrogen) atoms. The Morgan fingerprint density at radius 2 is 2.20 bits per heavy atom. The van der Waals surface area contributed by atoms with Crippen molar-refractivity contribution < 1.29 is 9.90 Å². The van der Waals surface area contributed by atoms with Crippen molar-refractivity contribution in [2.24, 2.45) is 0 Å². The number of pyridine rings is 1. The first-order chi connectivity index (χ1) is 12.2. The first-order valence-corrected chi connectivity index (χ1v) is 8.32. The second-order valence-electron chi connectivity index (χ2n) is 5.90. The van der Waals surface area contributed by atoms with Crippen molar-refractivity contribution in [2.75, 3.05) is 6.61 Å². The van der Waals surface area contributed by atoms with Gasteiger partial charge in [0.2, 0.25) is 0 Å². The highest BCUT2D eigenvalue weighted by Gasteiger charge is 2.20. The summed E-state index contributed by atoms with van der Waals surface area (Å²) in [6.07, 6.45) is 4.79. The van der Waals surface area contributed by atoms with Crippen LogP contribution in [-0.2, 0) is 0 Å². The Bertz CT molecular complexity index is 885. The lowest BCUT2D eigenvalue weighted by Crippen LogP contribution is -2.35. The number of carbonyl (C=O) groups is 1. The van der Waals surface area contributed by atoms with E-state index in [0.717, 1.165) is 22.9 Å².